The monoisotopic (exact) mass is 311 g/mol. The van der Waals surface area contributed by atoms with E-state index in [2.05, 4.69) is 17.2 Å². The first kappa shape index (κ1) is 17.8. The predicted octanol–water partition coefficient (Wildman–Crippen LogP) is 4.19. The normalized spacial score (nSPS) is 10.6. The van der Waals surface area contributed by atoms with E-state index >= 15 is 0 Å². The van der Waals surface area contributed by atoms with Crippen LogP contribution >= 0.6 is 11.6 Å². The van der Waals surface area contributed by atoms with E-state index in [4.69, 9.17) is 17.3 Å². The average Bonchev–Trinajstić information content (AvgIpc) is 2.48. The van der Waals surface area contributed by atoms with Crippen molar-refractivity contribution in [3.8, 4) is 0 Å². The Kier molecular flexibility index (Phi) is 8.83. The number of pyridine rings is 1. The van der Waals surface area contributed by atoms with Crippen LogP contribution in [0.15, 0.2) is 12.1 Å². The highest BCUT2D eigenvalue weighted by molar-refractivity contribution is 6.33. The van der Waals surface area contributed by atoms with Gasteiger partial charge in [-0.1, -0.05) is 63.5 Å². The minimum atomic E-state index is -0.254. The zero-order chi connectivity index (χ0) is 15.5. The van der Waals surface area contributed by atoms with Gasteiger partial charge in [0.15, 0.2) is 0 Å². The molecule has 0 saturated carbocycles. The molecule has 0 bridgehead atoms. The number of hydrogen-bond donors (Lipinski definition) is 2. The van der Waals surface area contributed by atoms with Crippen LogP contribution in [0.2, 0.25) is 5.02 Å². The number of nitrogen functional groups attached to an aromatic ring is 1. The topological polar surface area (TPSA) is 68.0 Å². The summed E-state index contributed by atoms with van der Waals surface area (Å²) in [5.74, 6) is 0.0480. The van der Waals surface area contributed by atoms with Crippen molar-refractivity contribution in [2.24, 2.45) is 0 Å². The van der Waals surface area contributed by atoms with Gasteiger partial charge in [-0.15, -0.1) is 0 Å². The summed E-state index contributed by atoms with van der Waals surface area (Å²) in [5, 5.41) is 3.17. The van der Waals surface area contributed by atoms with E-state index in [1.807, 2.05) is 0 Å². The largest absolute Gasteiger partial charge is 0.384 e. The first-order valence-electron chi connectivity index (χ1n) is 7.85. The van der Waals surface area contributed by atoms with Gasteiger partial charge in [0.2, 0.25) is 0 Å². The van der Waals surface area contributed by atoms with Crippen LogP contribution in [0.25, 0.3) is 0 Å². The molecule has 0 aliphatic heterocycles. The molecular weight excluding hydrogens is 286 g/mol. The van der Waals surface area contributed by atoms with Crippen molar-refractivity contribution in [3.63, 3.8) is 0 Å². The molecule has 0 atom stereocenters. The molecule has 1 aromatic rings. The molecule has 0 saturated heterocycles. The zero-order valence-corrected chi connectivity index (χ0v) is 13.6. The lowest BCUT2D eigenvalue weighted by atomic mass is 10.1. The van der Waals surface area contributed by atoms with Crippen LogP contribution in [-0.2, 0) is 0 Å². The number of anilines is 1. The third kappa shape index (κ3) is 7.32. The van der Waals surface area contributed by atoms with E-state index in [1.165, 1.54) is 38.5 Å². The van der Waals surface area contributed by atoms with E-state index < -0.39 is 0 Å². The second kappa shape index (κ2) is 10.4. The third-order valence-corrected chi connectivity index (χ3v) is 3.70. The van der Waals surface area contributed by atoms with E-state index in [9.17, 15) is 4.79 Å². The first-order valence-corrected chi connectivity index (χ1v) is 8.23. The molecule has 5 heteroatoms. The number of carbonyl (C=O) groups is 1. The molecule has 0 aromatic carbocycles. The molecule has 21 heavy (non-hydrogen) atoms. The number of amides is 1. The molecule has 3 N–H and O–H groups in total. The molecule has 0 aliphatic rings. The fourth-order valence-electron chi connectivity index (χ4n) is 2.16. The third-order valence-electron chi connectivity index (χ3n) is 3.40. The van der Waals surface area contributed by atoms with Crippen LogP contribution in [-0.4, -0.2) is 17.4 Å². The van der Waals surface area contributed by atoms with Gasteiger partial charge in [-0.05, 0) is 18.6 Å². The van der Waals surface area contributed by atoms with Crippen molar-refractivity contribution in [1.82, 2.24) is 10.3 Å². The van der Waals surface area contributed by atoms with E-state index in [1.54, 1.807) is 12.1 Å². The smallest absolute Gasteiger partial charge is 0.271 e. The SMILES string of the molecule is CCCCCCCCCCNC(=O)c1nc(N)ccc1Cl. The minimum absolute atomic E-state index is 0.205. The molecule has 0 spiro atoms. The maximum Gasteiger partial charge on any atom is 0.271 e. The van der Waals surface area contributed by atoms with E-state index in [-0.39, 0.29) is 11.6 Å². The summed E-state index contributed by atoms with van der Waals surface area (Å²) < 4.78 is 0. The summed E-state index contributed by atoms with van der Waals surface area (Å²) >= 11 is 5.94. The summed E-state index contributed by atoms with van der Waals surface area (Å²) in [4.78, 5) is 15.9. The molecule has 0 radical (unpaired) electrons. The molecule has 0 aliphatic carbocycles. The van der Waals surface area contributed by atoms with Gasteiger partial charge in [-0.25, -0.2) is 4.98 Å². The fourth-order valence-corrected chi connectivity index (χ4v) is 2.35. The fraction of sp³-hybridized carbons (Fsp3) is 0.625. The van der Waals surface area contributed by atoms with E-state index in [0.29, 0.717) is 17.4 Å². The van der Waals surface area contributed by atoms with Gasteiger partial charge in [0.05, 0.1) is 5.02 Å². The van der Waals surface area contributed by atoms with Crippen LogP contribution in [0.4, 0.5) is 5.82 Å². The Balaban J connectivity index is 2.12. The van der Waals surface area contributed by atoms with Gasteiger partial charge >= 0.3 is 0 Å². The lowest BCUT2D eigenvalue weighted by Crippen LogP contribution is -2.26. The molecular formula is C16H26ClN3O. The van der Waals surface area contributed by atoms with Crippen LogP contribution in [0.5, 0.6) is 0 Å². The maximum absolute atomic E-state index is 11.9. The number of hydrogen-bond acceptors (Lipinski definition) is 3. The Hall–Kier alpha value is -1.29. The Morgan fingerprint density at radius 2 is 1.76 bits per heavy atom. The molecule has 1 rings (SSSR count). The van der Waals surface area contributed by atoms with Gasteiger partial charge in [0, 0.05) is 6.54 Å². The number of rotatable bonds is 10. The van der Waals surface area contributed by atoms with Gasteiger partial charge < -0.3 is 11.1 Å². The summed E-state index contributed by atoms with van der Waals surface area (Å²) in [5.41, 5.74) is 5.76. The Morgan fingerprint density at radius 1 is 1.14 bits per heavy atom. The first-order chi connectivity index (χ1) is 10.1. The maximum atomic E-state index is 11.9. The second-order valence-electron chi connectivity index (χ2n) is 5.30. The zero-order valence-electron chi connectivity index (χ0n) is 12.8. The van der Waals surface area contributed by atoms with Gasteiger partial charge in [0.1, 0.15) is 11.5 Å². The van der Waals surface area contributed by atoms with Gasteiger partial charge in [-0.3, -0.25) is 4.79 Å². The molecule has 1 heterocycles. The number of carbonyl (C=O) groups excluding carboxylic acids is 1. The summed E-state index contributed by atoms with van der Waals surface area (Å²) in [7, 11) is 0. The number of nitrogens with one attached hydrogen (secondary N) is 1. The lowest BCUT2D eigenvalue weighted by Gasteiger charge is -2.06. The van der Waals surface area contributed by atoms with Crippen LogP contribution in [0.1, 0.15) is 68.8 Å². The number of aromatic nitrogens is 1. The van der Waals surface area contributed by atoms with Crippen LogP contribution in [0.3, 0.4) is 0 Å². The number of halogens is 1. The highest BCUT2D eigenvalue weighted by Gasteiger charge is 2.11. The Labute approximate surface area is 132 Å². The van der Waals surface area contributed by atoms with E-state index in [0.717, 1.165) is 12.8 Å². The van der Waals surface area contributed by atoms with Crippen molar-refractivity contribution in [3.05, 3.63) is 22.8 Å². The molecule has 1 amide bonds. The summed E-state index contributed by atoms with van der Waals surface area (Å²) in [6.07, 6.45) is 9.93. The van der Waals surface area contributed by atoms with Gasteiger partial charge in [-0.2, -0.15) is 0 Å². The summed E-state index contributed by atoms with van der Waals surface area (Å²) in [6.45, 7) is 2.88. The highest BCUT2D eigenvalue weighted by Crippen LogP contribution is 2.15. The number of unbranched alkanes of at least 4 members (excludes halogenated alkanes) is 7. The average molecular weight is 312 g/mol. The minimum Gasteiger partial charge on any atom is -0.384 e. The standard InChI is InChI=1S/C16H26ClN3O/c1-2-3-4-5-6-7-8-9-12-19-16(21)15-13(17)10-11-14(18)20-15/h10-11H,2-9,12H2,1H3,(H2,18,20)(H,19,21). The second-order valence-corrected chi connectivity index (χ2v) is 5.70. The van der Waals surface area contributed by atoms with Crippen molar-refractivity contribution >= 4 is 23.3 Å². The Bertz CT molecular complexity index is 438. The molecule has 0 fully saturated rings. The molecule has 0 unspecified atom stereocenters. The van der Waals surface area contributed by atoms with Crippen molar-refractivity contribution < 1.29 is 4.79 Å². The van der Waals surface area contributed by atoms with Crippen LogP contribution in [0, 0.1) is 0 Å². The Morgan fingerprint density at radius 3 is 2.43 bits per heavy atom. The highest BCUT2D eigenvalue weighted by atomic mass is 35.5. The van der Waals surface area contributed by atoms with Crippen molar-refractivity contribution in [1.29, 1.82) is 0 Å². The van der Waals surface area contributed by atoms with Crippen LogP contribution < -0.4 is 11.1 Å². The molecule has 1 aromatic heterocycles. The number of nitrogens with two attached hydrogens (primary N) is 1. The van der Waals surface area contributed by atoms with Gasteiger partial charge in [0.25, 0.3) is 5.91 Å². The quantitative estimate of drug-likeness (QED) is 0.637. The summed E-state index contributed by atoms with van der Waals surface area (Å²) in [6, 6.07) is 3.17. The lowest BCUT2D eigenvalue weighted by molar-refractivity contribution is 0.0948. The predicted molar refractivity (Wildman–Crippen MR) is 88.6 cm³/mol. The van der Waals surface area contributed by atoms with Crippen molar-refractivity contribution in [2.45, 2.75) is 58.3 Å². The molecule has 118 valence electrons. The molecule has 4 nitrogen and oxygen atoms in total. The van der Waals surface area contributed by atoms with Crippen molar-refractivity contribution in [2.75, 3.05) is 12.3 Å². The number of nitrogens with zero attached hydrogens (tertiary/aromatic N) is 1.